The van der Waals surface area contributed by atoms with E-state index in [2.05, 4.69) is 10.4 Å². The van der Waals surface area contributed by atoms with Gasteiger partial charge in [-0.15, -0.1) is 5.10 Å². The number of ketones is 1. The molecule has 2 aromatic carbocycles. The molecule has 1 heterocycles. The highest BCUT2D eigenvalue weighted by Gasteiger charge is 2.35. The Hall–Kier alpha value is -3.56. The van der Waals surface area contributed by atoms with Crippen LogP contribution in [0.3, 0.4) is 0 Å². The van der Waals surface area contributed by atoms with E-state index in [-0.39, 0.29) is 11.4 Å². The first-order valence-corrected chi connectivity index (χ1v) is 8.11. The smallest absolute Gasteiger partial charge is 0.305 e. The number of anilines is 1. The summed E-state index contributed by atoms with van der Waals surface area (Å²) in [5, 5.41) is 5.93. The summed E-state index contributed by atoms with van der Waals surface area (Å²) >= 11 is 0. The van der Waals surface area contributed by atoms with Crippen LogP contribution in [0.25, 0.3) is 5.69 Å². The van der Waals surface area contributed by atoms with Crippen molar-refractivity contribution >= 4 is 17.5 Å². The molecule has 0 saturated heterocycles. The van der Waals surface area contributed by atoms with Crippen LogP contribution in [0.2, 0.25) is 0 Å². The maximum Gasteiger partial charge on any atom is 0.417 e. The molecule has 3 rings (SSSR count). The highest BCUT2D eigenvalue weighted by molar-refractivity contribution is 6.05. The van der Waals surface area contributed by atoms with Gasteiger partial charge in [0.1, 0.15) is 5.69 Å². The summed E-state index contributed by atoms with van der Waals surface area (Å²) in [4.78, 5) is 23.5. The Labute approximate surface area is 160 Å². The topological polar surface area (TPSA) is 64.0 Å². The molecule has 1 aromatic heterocycles. The van der Waals surface area contributed by atoms with Crippen molar-refractivity contribution in [2.24, 2.45) is 0 Å². The zero-order valence-electron chi connectivity index (χ0n) is 14.7. The maximum absolute atomic E-state index is 14.2. The van der Waals surface area contributed by atoms with Gasteiger partial charge < -0.3 is 5.32 Å². The number of rotatable bonds is 4. The molecule has 5 nitrogen and oxygen atoms in total. The van der Waals surface area contributed by atoms with Crippen molar-refractivity contribution < 1.29 is 31.5 Å². The lowest BCUT2D eigenvalue weighted by molar-refractivity contribution is -0.137. The molecule has 0 spiro atoms. The van der Waals surface area contributed by atoms with Crippen LogP contribution in [-0.4, -0.2) is 21.5 Å². The molecule has 10 heteroatoms. The zero-order chi connectivity index (χ0) is 21.3. The van der Waals surface area contributed by atoms with Crippen LogP contribution >= 0.6 is 0 Å². The van der Waals surface area contributed by atoms with Crippen molar-refractivity contribution in [2.45, 2.75) is 13.1 Å². The van der Waals surface area contributed by atoms with Gasteiger partial charge in [0.05, 0.1) is 11.1 Å². The van der Waals surface area contributed by atoms with E-state index >= 15 is 0 Å². The number of nitrogens with one attached hydrogen (secondary N) is 1. The molecule has 150 valence electrons. The number of carbonyl (C=O) groups excluding carboxylic acids is 2. The number of Topliss-reactive ketones (excluding diaryl/α,β-unsaturated/α-hetero) is 1. The lowest BCUT2D eigenvalue weighted by Gasteiger charge is -2.11. The number of nitrogens with zero attached hydrogens (tertiary/aromatic N) is 2. The quantitative estimate of drug-likeness (QED) is 0.505. The summed E-state index contributed by atoms with van der Waals surface area (Å²) in [6.45, 7) is 1.15. The number of hydrogen-bond acceptors (Lipinski definition) is 3. The molecule has 3 aromatic rings. The monoisotopic (exact) mass is 409 g/mol. The van der Waals surface area contributed by atoms with Crippen LogP contribution in [0.4, 0.5) is 27.8 Å². The molecule has 1 amide bonds. The summed E-state index contributed by atoms with van der Waals surface area (Å²) in [7, 11) is 0. The Bertz CT molecular complexity index is 1080. The van der Waals surface area contributed by atoms with Gasteiger partial charge in [-0.1, -0.05) is 12.1 Å². The van der Waals surface area contributed by atoms with E-state index < -0.39 is 46.3 Å². The van der Waals surface area contributed by atoms with Gasteiger partial charge in [-0.05, 0) is 31.2 Å². The highest BCUT2D eigenvalue weighted by Crippen LogP contribution is 2.32. The molecule has 0 radical (unpaired) electrons. The van der Waals surface area contributed by atoms with Crippen molar-refractivity contribution in [3.63, 3.8) is 0 Å². The normalized spacial score (nSPS) is 11.4. The Balaban J connectivity index is 1.89. The maximum atomic E-state index is 14.2. The van der Waals surface area contributed by atoms with Crippen LogP contribution < -0.4 is 5.32 Å². The predicted octanol–water partition coefficient (Wildman–Crippen LogP) is 4.62. The van der Waals surface area contributed by atoms with Gasteiger partial charge in [0.25, 0.3) is 5.91 Å². The van der Waals surface area contributed by atoms with Crippen molar-refractivity contribution in [3.05, 3.63) is 77.0 Å². The fourth-order valence-electron chi connectivity index (χ4n) is 2.61. The Morgan fingerprint density at radius 3 is 2.24 bits per heavy atom. The molecule has 0 aliphatic rings. The molecule has 0 unspecified atom stereocenters. The van der Waals surface area contributed by atoms with E-state index in [1.54, 1.807) is 0 Å². The van der Waals surface area contributed by atoms with Gasteiger partial charge in [-0.25, -0.2) is 13.5 Å². The minimum Gasteiger partial charge on any atom is -0.305 e. The molecule has 29 heavy (non-hydrogen) atoms. The first-order chi connectivity index (χ1) is 13.6. The summed E-state index contributed by atoms with van der Waals surface area (Å²) in [5.74, 6) is -3.99. The molecule has 0 aliphatic heterocycles. The largest absolute Gasteiger partial charge is 0.417 e. The molecule has 0 saturated carbocycles. The number of alkyl halides is 3. The fourth-order valence-corrected chi connectivity index (χ4v) is 2.61. The van der Waals surface area contributed by atoms with E-state index in [9.17, 15) is 31.5 Å². The summed E-state index contributed by atoms with van der Waals surface area (Å²) < 4.78 is 68.3. The number of hydrogen-bond donors (Lipinski definition) is 1. The Kier molecular flexibility index (Phi) is 5.19. The van der Waals surface area contributed by atoms with Gasteiger partial charge in [0.2, 0.25) is 0 Å². The van der Waals surface area contributed by atoms with Gasteiger partial charge in [0.15, 0.2) is 23.2 Å². The van der Waals surface area contributed by atoms with Gasteiger partial charge in [-0.2, -0.15) is 13.2 Å². The summed E-state index contributed by atoms with van der Waals surface area (Å²) in [5.41, 5.74) is -2.54. The van der Waals surface area contributed by atoms with Crippen molar-refractivity contribution in [1.82, 2.24) is 9.78 Å². The molecule has 0 bridgehead atoms. The number of amides is 1. The third-order valence-corrected chi connectivity index (χ3v) is 3.96. The van der Waals surface area contributed by atoms with Crippen LogP contribution in [0.1, 0.15) is 33.2 Å². The average molecular weight is 409 g/mol. The second kappa shape index (κ2) is 7.46. The van der Waals surface area contributed by atoms with Crippen molar-refractivity contribution in [1.29, 1.82) is 0 Å². The van der Waals surface area contributed by atoms with E-state index in [1.165, 1.54) is 6.07 Å². The van der Waals surface area contributed by atoms with Gasteiger partial charge >= 0.3 is 6.18 Å². The Morgan fingerprint density at radius 2 is 1.66 bits per heavy atom. The second-order valence-corrected chi connectivity index (χ2v) is 5.99. The average Bonchev–Trinajstić information content (AvgIpc) is 3.08. The SMILES string of the molecule is CC(=O)c1cc(F)c(-n2ccc(NC(=O)c3ccccc3C(F)(F)F)n2)c(F)c1. The molecule has 1 N–H and O–H groups in total. The lowest BCUT2D eigenvalue weighted by atomic mass is 10.1. The van der Waals surface area contributed by atoms with Crippen LogP contribution in [0.15, 0.2) is 48.7 Å². The fraction of sp³-hybridized carbons (Fsp3) is 0.105. The molecular formula is C19H12F5N3O2. The predicted molar refractivity (Wildman–Crippen MR) is 92.9 cm³/mol. The van der Waals surface area contributed by atoms with Crippen LogP contribution in [0, 0.1) is 11.6 Å². The standard InChI is InChI=1S/C19H12F5N3O2/c1-10(28)11-8-14(20)17(15(21)9-11)27-7-6-16(26-27)25-18(29)12-4-2-3-5-13(12)19(22,23)24/h2-9H,1H3,(H,25,26,29). The second-order valence-electron chi connectivity index (χ2n) is 5.99. The highest BCUT2D eigenvalue weighted by atomic mass is 19.4. The van der Waals surface area contributed by atoms with E-state index in [1.807, 2.05) is 0 Å². The number of benzene rings is 2. The van der Waals surface area contributed by atoms with Crippen molar-refractivity contribution in [3.8, 4) is 5.69 Å². The number of halogens is 5. The van der Waals surface area contributed by atoms with Crippen LogP contribution in [-0.2, 0) is 6.18 Å². The molecule has 0 aliphatic carbocycles. The molecular weight excluding hydrogens is 397 g/mol. The van der Waals surface area contributed by atoms with Crippen molar-refractivity contribution in [2.75, 3.05) is 5.32 Å². The third-order valence-electron chi connectivity index (χ3n) is 3.96. The number of carbonyl (C=O) groups is 2. The Morgan fingerprint density at radius 1 is 1.03 bits per heavy atom. The summed E-state index contributed by atoms with van der Waals surface area (Å²) in [6, 6.07) is 6.99. The third kappa shape index (κ3) is 4.15. The lowest BCUT2D eigenvalue weighted by Crippen LogP contribution is -2.19. The molecule has 0 fully saturated rings. The van der Waals surface area contributed by atoms with E-state index in [0.717, 1.165) is 54.2 Å². The zero-order valence-corrected chi connectivity index (χ0v) is 14.7. The van der Waals surface area contributed by atoms with E-state index in [4.69, 9.17) is 0 Å². The molecule has 0 atom stereocenters. The van der Waals surface area contributed by atoms with Gasteiger partial charge in [-0.3, -0.25) is 9.59 Å². The van der Waals surface area contributed by atoms with Crippen LogP contribution in [0.5, 0.6) is 0 Å². The first kappa shape index (κ1) is 20.2. The first-order valence-electron chi connectivity index (χ1n) is 8.11. The minimum absolute atomic E-state index is 0.173. The van der Waals surface area contributed by atoms with Gasteiger partial charge in [0, 0.05) is 17.8 Å². The summed E-state index contributed by atoms with van der Waals surface area (Å²) in [6.07, 6.45) is -3.63. The minimum atomic E-state index is -4.74. The van der Waals surface area contributed by atoms with E-state index in [0.29, 0.717) is 0 Å². The number of aromatic nitrogens is 2.